The van der Waals surface area contributed by atoms with Crippen molar-refractivity contribution in [1.82, 2.24) is 15.6 Å². The molecule has 0 saturated heterocycles. The fraction of sp³-hybridized carbons (Fsp3) is 0.462. The molecule has 19 heavy (non-hydrogen) atoms. The molecule has 0 aliphatic heterocycles. The van der Waals surface area contributed by atoms with Crippen molar-refractivity contribution in [2.75, 3.05) is 6.54 Å². The number of nitrogens with zero attached hydrogens (tertiary/aromatic N) is 1. The van der Waals surface area contributed by atoms with Gasteiger partial charge in [-0.3, -0.25) is 9.59 Å². The molecule has 2 amide bonds. The van der Waals surface area contributed by atoms with E-state index in [1.54, 1.807) is 0 Å². The molecule has 2 N–H and O–H groups in total. The predicted octanol–water partition coefficient (Wildman–Crippen LogP) is 1.26. The molecule has 0 bridgehead atoms. The van der Waals surface area contributed by atoms with Crippen LogP contribution < -0.4 is 10.6 Å². The molecule has 1 aromatic rings. The summed E-state index contributed by atoms with van der Waals surface area (Å²) in [5.41, 5.74) is 0.267. The minimum absolute atomic E-state index is 0.105. The van der Waals surface area contributed by atoms with Crippen LogP contribution in [-0.2, 0) is 4.79 Å². The Bertz CT molecular complexity index is 434. The van der Waals surface area contributed by atoms with Gasteiger partial charge in [-0.05, 0) is 25.5 Å². The number of amides is 2. The number of halogens is 1. The Hall–Kier alpha value is -1.98. The Balaban J connectivity index is 2.31. The SMILES string of the molecule is CCC(C)NC(=O)CCNC(=O)c1ccc(F)nc1. The lowest BCUT2D eigenvalue weighted by Gasteiger charge is -2.11. The molecule has 0 radical (unpaired) electrons. The summed E-state index contributed by atoms with van der Waals surface area (Å²) in [5.74, 6) is -1.11. The van der Waals surface area contributed by atoms with E-state index in [2.05, 4.69) is 15.6 Å². The molecule has 1 heterocycles. The van der Waals surface area contributed by atoms with Crippen LogP contribution in [0.5, 0.6) is 0 Å². The molecule has 1 rings (SSSR count). The summed E-state index contributed by atoms with van der Waals surface area (Å²) in [6, 6.07) is 2.59. The van der Waals surface area contributed by atoms with E-state index in [4.69, 9.17) is 0 Å². The molecule has 1 unspecified atom stereocenters. The van der Waals surface area contributed by atoms with E-state index in [0.29, 0.717) is 0 Å². The zero-order chi connectivity index (χ0) is 14.3. The summed E-state index contributed by atoms with van der Waals surface area (Å²) in [5, 5.41) is 5.38. The van der Waals surface area contributed by atoms with Crippen LogP contribution >= 0.6 is 0 Å². The van der Waals surface area contributed by atoms with E-state index in [0.717, 1.165) is 18.7 Å². The van der Waals surface area contributed by atoms with Crippen molar-refractivity contribution in [2.45, 2.75) is 32.7 Å². The lowest BCUT2D eigenvalue weighted by atomic mass is 10.2. The van der Waals surface area contributed by atoms with Crippen LogP contribution in [0.15, 0.2) is 18.3 Å². The highest BCUT2D eigenvalue weighted by Gasteiger charge is 2.08. The maximum absolute atomic E-state index is 12.6. The first kappa shape index (κ1) is 15.1. The highest BCUT2D eigenvalue weighted by molar-refractivity contribution is 5.94. The van der Waals surface area contributed by atoms with E-state index >= 15 is 0 Å². The highest BCUT2D eigenvalue weighted by atomic mass is 19.1. The Kier molecular flexibility index (Phi) is 5.92. The van der Waals surface area contributed by atoms with Crippen molar-refractivity contribution < 1.29 is 14.0 Å². The van der Waals surface area contributed by atoms with Crippen LogP contribution in [0.4, 0.5) is 4.39 Å². The summed E-state index contributed by atoms with van der Waals surface area (Å²) in [6.45, 7) is 4.13. The van der Waals surface area contributed by atoms with Gasteiger partial charge in [-0.25, -0.2) is 4.98 Å². The second kappa shape index (κ2) is 7.45. The zero-order valence-corrected chi connectivity index (χ0v) is 11.1. The van der Waals surface area contributed by atoms with E-state index in [1.807, 2.05) is 13.8 Å². The lowest BCUT2D eigenvalue weighted by Crippen LogP contribution is -2.35. The van der Waals surface area contributed by atoms with Crippen molar-refractivity contribution in [3.63, 3.8) is 0 Å². The second-order valence-corrected chi connectivity index (χ2v) is 4.25. The summed E-state index contributed by atoms with van der Waals surface area (Å²) >= 11 is 0. The number of carbonyl (C=O) groups is 2. The molecule has 5 nitrogen and oxygen atoms in total. The molecule has 104 valence electrons. The van der Waals surface area contributed by atoms with E-state index in [1.165, 1.54) is 6.07 Å². The van der Waals surface area contributed by atoms with Crippen LogP contribution in [0.25, 0.3) is 0 Å². The normalized spacial score (nSPS) is 11.7. The van der Waals surface area contributed by atoms with Gasteiger partial charge < -0.3 is 10.6 Å². The number of hydrogen-bond donors (Lipinski definition) is 2. The number of hydrogen-bond acceptors (Lipinski definition) is 3. The van der Waals surface area contributed by atoms with Gasteiger partial charge in [0.25, 0.3) is 5.91 Å². The number of nitrogens with one attached hydrogen (secondary N) is 2. The number of rotatable bonds is 6. The summed E-state index contributed by atoms with van der Waals surface area (Å²) in [4.78, 5) is 26.4. The lowest BCUT2D eigenvalue weighted by molar-refractivity contribution is -0.121. The standard InChI is InChI=1S/C13H18FN3O2/c1-3-9(2)17-12(18)6-7-15-13(19)10-4-5-11(14)16-8-10/h4-5,8-9H,3,6-7H2,1-2H3,(H,15,19)(H,17,18). The van der Waals surface area contributed by atoms with Gasteiger partial charge in [-0.1, -0.05) is 6.92 Å². The van der Waals surface area contributed by atoms with Crippen LogP contribution in [0.1, 0.15) is 37.0 Å². The fourth-order valence-corrected chi connectivity index (χ4v) is 1.35. The zero-order valence-electron chi connectivity index (χ0n) is 11.1. The molecule has 0 spiro atoms. The number of aromatic nitrogens is 1. The van der Waals surface area contributed by atoms with E-state index in [9.17, 15) is 14.0 Å². The van der Waals surface area contributed by atoms with Gasteiger partial charge in [0, 0.05) is 25.2 Å². The van der Waals surface area contributed by atoms with Gasteiger partial charge in [-0.2, -0.15) is 4.39 Å². The maximum Gasteiger partial charge on any atom is 0.252 e. The number of carbonyl (C=O) groups excluding carboxylic acids is 2. The van der Waals surface area contributed by atoms with E-state index < -0.39 is 5.95 Å². The second-order valence-electron chi connectivity index (χ2n) is 4.25. The summed E-state index contributed by atoms with van der Waals surface area (Å²) in [7, 11) is 0. The smallest absolute Gasteiger partial charge is 0.252 e. The van der Waals surface area contributed by atoms with Crippen molar-refractivity contribution in [2.24, 2.45) is 0 Å². The van der Waals surface area contributed by atoms with Gasteiger partial charge in [0.05, 0.1) is 5.56 Å². The maximum atomic E-state index is 12.6. The molecular formula is C13H18FN3O2. The predicted molar refractivity (Wildman–Crippen MR) is 69.0 cm³/mol. The first-order valence-electron chi connectivity index (χ1n) is 6.22. The van der Waals surface area contributed by atoms with Crippen molar-refractivity contribution in [3.05, 3.63) is 29.8 Å². The van der Waals surface area contributed by atoms with Gasteiger partial charge in [0.15, 0.2) is 0 Å². The van der Waals surface area contributed by atoms with Gasteiger partial charge in [0.1, 0.15) is 0 Å². The monoisotopic (exact) mass is 267 g/mol. The topological polar surface area (TPSA) is 71.1 Å². The average Bonchev–Trinajstić information content (AvgIpc) is 2.39. The Morgan fingerprint density at radius 3 is 2.74 bits per heavy atom. The average molecular weight is 267 g/mol. The summed E-state index contributed by atoms with van der Waals surface area (Å²) < 4.78 is 12.6. The highest BCUT2D eigenvalue weighted by Crippen LogP contribution is 1.98. The molecular weight excluding hydrogens is 249 g/mol. The van der Waals surface area contributed by atoms with Crippen LogP contribution in [0.2, 0.25) is 0 Å². The Labute approximate surface area is 111 Å². The summed E-state index contributed by atoms with van der Waals surface area (Å²) in [6.07, 6.45) is 2.23. The Morgan fingerprint density at radius 2 is 2.16 bits per heavy atom. The number of pyridine rings is 1. The first-order chi connectivity index (χ1) is 9.02. The van der Waals surface area contributed by atoms with Crippen molar-refractivity contribution >= 4 is 11.8 Å². The first-order valence-corrected chi connectivity index (χ1v) is 6.22. The largest absolute Gasteiger partial charge is 0.354 e. The molecule has 0 aliphatic carbocycles. The van der Waals surface area contributed by atoms with E-state index in [-0.39, 0.29) is 36.4 Å². The van der Waals surface area contributed by atoms with Crippen molar-refractivity contribution in [1.29, 1.82) is 0 Å². The Morgan fingerprint density at radius 1 is 1.42 bits per heavy atom. The molecule has 6 heteroatoms. The van der Waals surface area contributed by atoms with Crippen LogP contribution in [0.3, 0.4) is 0 Å². The van der Waals surface area contributed by atoms with Gasteiger partial charge >= 0.3 is 0 Å². The fourth-order valence-electron chi connectivity index (χ4n) is 1.35. The minimum Gasteiger partial charge on any atom is -0.354 e. The van der Waals surface area contributed by atoms with Crippen molar-refractivity contribution in [3.8, 4) is 0 Å². The molecule has 1 atom stereocenters. The molecule has 0 saturated carbocycles. The third kappa shape index (κ3) is 5.46. The third-order valence-corrected chi connectivity index (χ3v) is 2.65. The quantitative estimate of drug-likeness (QED) is 0.762. The molecule has 0 aliphatic rings. The molecule has 0 fully saturated rings. The molecule has 0 aromatic carbocycles. The van der Waals surface area contributed by atoms with Crippen LogP contribution in [0, 0.1) is 5.95 Å². The van der Waals surface area contributed by atoms with Crippen LogP contribution in [-0.4, -0.2) is 29.4 Å². The third-order valence-electron chi connectivity index (χ3n) is 2.65. The van der Waals surface area contributed by atoms with Gasteiger partial charge in [0.2, 0.25) is 11.9 Å². The van der Waals surface area contributed by atoms with Gasteiger partial charge in [-0.15, -0.1) is 0 Å². The molecule has 1 aromatic heterocycles. The minimum atomic E-state index is -0.635.